The number of aliphatic imine (C=N–C) groups is 1. The van der Waals surface area contributed by atoms with Crippen LogP contribution in [0.2, 0.25) is 0 Å². The van der Waals surface area contributed by atoms with Gasteiger partial charge >= 0.3 is 0 Å². The Labute approximate surface area is 149 Å². The van der Waals surface area contributed by atoms with Crippen molar-refractivity contribution in [3.63, 3.8) is 0 Å². The lowest BCUT2D eigenvalue weighted by molar-refractivity contribution is 0.579. The van der Waals surface area contributed by atoms with Crippen LogP contribution in [-0.4, -0.2) is 30.1 Å². The van der Waals surface area contributed by atoms with Crippen LogP contribution >= 0.6 is 0 Å². The van der Waals surface area contributed by atoms with Gasteiger partial charge in [0.25, 0.3) is 0 Å². The molecule has 1 aliphatic heterocycles. The largest absolute Gasteiger partial charge is 0.377 e. The van der Waals surface area contributed by atoms with Gasteiger partial charge < -0.3 is 10.2 Å². The molecule has 0 fully saturated rings. The van der Waals surface area contributed by atoms with Crippen molar-refractivity contribution < 1.29 is 8.78 Å². The summed E-state index contributed by atoms with van der Waals surface area (Å²) in [6.07, 6.45) is 1.58. The summed E-state index contributed by atoms with van der Waals surface area (Å²) in [5.74, 6) is -1.25. The van der Waals surface area contributed by atoms with Crippen LogP contribution in [0, 0.1) is 18.6 Å². The predicted molar refractivity (Wildman–Crippen MR) is 99.3 cm³/mol. The smallest absolute Gasteiger partial charge is 0.144 e. The Balaban J connectivity index is 1.93. The Morgan fingerprint density at radius 3 is 2.46 bits per heavy atom. The number of aromatic nitrogens is 2. The molecule has 0 atom stereocenters. The van der Waals surface area contributed by atoms with Crippen LogP contribution in [0.15, 0.2) is 41.5 Å². The van der Waals surface area contributed by atoms with Crippen LogP contribution in [-0.2, 0) is 0 Å². The normalized spacial score (nSPS) is 12.6. The monoisotopic (exact) mass is 353 g/mol. The van der Waals surface area contributed by atoms with E-state index in [4.69, 9.17) is 0 Å². The fourth-order valence-electron chi connectivity index (χ4n) is 2.97. The van der Waals surface area contributed by atoms with Crippen molar-refractivity contribution in [1.29, 1.82) is 0 Å². The Bertz CT molecular complexity index is 1010. The summed E-state index contributed by atoms with van der Waals surface area (Å²) in [7, 11) is 3.46. The first-order valence-electron chi connectivity index (χ1n) is 8.11. The number of amidine groups is 1. The molecular weight excluding hydrogens is 336 g/mol. The number of halogens is 2. The average molecular weight is 353 g/mol. The molecule has 0 spiro atoms. The van der Waals surface area contributed by atoms with E-state index in [-0.39, 0.29) is 11.4 Å². The SMILES string of the molecule is Cc1ccc2c(c1)-c1[nH]ncc1NC(c1c(F)cc(N(C)C)cc1F)=N2. The van der Waals surface area contributed by atoms with Gasteiger partial charge in [-0.05, 0) is 31.2 Å². The van der Waals surface area contributed by atoms with Gasteiger partial charge in [-0.3, -0.25) is 5.10 Å². The quantitative estimate of drug-likeness (QED) is 0.725. The van der Waals surface area contributed by atoms with Crippen LogP contribution in [0.3, 0.4) is 0 Å². The van der Waals surface area contributed by atoms with Crippen LogP contribution in [0.1, 0.15) is 11.1 Å². The van der Waals surface area contributed by atoms with Gasteiger partial charge in [0.05, 0.1) is 28.8 Å². The van der Waals surface area contributed by atoms with E-state index in [9.17, 15) is 8.78 Å². The second-order valence-electron chi connectivity index (χ2n) is 6.44. The van der Waals surface area contributed by atoms with Crippen LogP contribution in [0.4, 0.5) is 25.8 Å². The highest BCUT2D eigenvalue weighted by Gasteiger charge is 2.23. The third kappa shape index (κ3) is 2.61. The Morgan fingerprint density at radius 1 is 1.04 bits per heavy atom. The molecule has 1 aromatic heterocycles. The Morgan fingerprint density at radius 2 is 1.77 bits per heavy atom. The van der Waals surface area contributed by atoms with Crippen molar-refractivity contribution in [2.24, 2.45) is 4.99 Å². The van der Waals surface area contributed by atoms with Crippen molar-refractivity contribution in [2.45, 2.75) is 6.92 Å². The molecule has 132 valence electrons. The maximum atomic E-state index is 14.7. The van der Waals surface area contributed by atoms with Crippen LogP contribution in [0.25, 0.3) is 11.3 Å². The zero-order chi connectivity index (χ0) is 18.4. The summed E-state index contributed by atoms with van der Waals surface area (Å²) < 4.78 is 29.4. The first-order chi connectivity index (χ1) is 12.4. The van der Waals surface area contributed by atoms with E-state index in [1.165, 1.54) is 12.1 Å². The lowest BCUT2D eigenvalue weighted by atomic mass is 10.1. The van der Waals surface area contributed by atoms with Gasteiger partial charge in [-0.15, -0.1) is 0 Å². The number of rotatable bonds is 2. The molecule has 0 amide bonds. The molecule has 1 aliphatic rings. The molecule has 0 radical (unpaired) electrons. The fraction of sp³-hybridized carbons (Fsp3) is 0.158. The van der Waals surface area contributed by atoms with E-state index in [0.29, 0.717) is 17.1 Å². The molecule has 7 heteroatoms. The zero-order valence-corrected chi connectivity index (χ0v) is 14.6. The summed E-state index contributed by atoms with van der Waals surface area (Å²) in [6, 6.07) is 8.28. The number of hydrogen-bond donors (Lipinski definition) is 2. The minimum Gasteiger partial charge on any atom is -0.377 e. The van der Waals surface area contributed by atoms with Gasteiger partial charge in [-0.25, -0.2) is 13.8 Å². The van der Waals surface area contributed by atoms with Gasteiger partial charge in [0.1, 0.15) is 17.5 Å². The number of nitrogens with one attached hydrogen (secondary N) is 2. The summed E-state index contributed by atoms with van der Waals surface area (Å²) in [5.41, 5.74) is 4.07. The minimum atomic E-state index is -0.680. The van der Waals surface area contributed by atoms with Crippen molar-refractivity contribution in [2.75, 3.05) is 24.3 Å². The van der Waals surface area contributed by atoms with E-state index in [2.05, 4.69) is 20.5 Å². The number of hydrogen-bond acceptors (Lipinski definition) is 4. The molecule has 0 unspecified atom stereocenters. The summed E-state index contributed by atoms with van der Waals surface area (Å²) in [4.78, 5) is 6.14. The Kier molecular flexibility index (Phi) is 3.72. The predicted octanol–water partition coefficient (Wildman–Crippen LogP) is 4.23. The molecule has 2 N–H and O–H groups in total. The highest BCUT2D eigenvalue weighted by molar-refractivity contribution is 6.13. The molecule has 2 aromatic carbocycles. The van der Waals surface area contributed by atoms with E-state index >= 15 is 0 Å². The molecule has 0 saturated heterocycles. The third-order valence-electron chi connectivity index (χ3n) is 4.33. The number of fused-ring (bicyclic) bond motifs is 3. The summed E-state index contributed by atoms with van der Waals surface area (Å²) >= 11 is 0. The second-order valence-corrected chi connectivity index (χ2v) is 6.44. The highest BCUT2D eigenvalue weighted by atomic mass is 19.1. The lowest BCUT2D eigenvalue weighted by Crippen LogP contribution is -2.18. The number of H-pyrrole nitrogens is 1. The standard InChI is InChI=1S/C19H17F2N5/c1-10-4-5-15-12(6-10)18-16(9-22-25-18)24-19(23-15)17-13(20)7-11(26(2)3)8-14(17)21/h4-9H,1-3H3,(H,22,25)(H,23,24). The van der Waals surface area contributed by atoms with E-state index < -0.39 is 11.6 Å². The second kappa shape index (κ2) is 5.94. The Hall–Kier alpha value is -3.22. The van der Waals surface area contributed by atoms with Crippen molar-refractivity contribution in [1.82, 2.24) is 10.2 Å². The van der Waals surface area contributed by atoms with Crippen molar-refractivity contribution >= 4 is 22.9 Å². The van der Waals surface area contributed by atoms with Gasteiger partial charge in [-0.2, -0.15) is 5.10 Å². The molecule has 0 saturated carbocycles. The van der Waals surface area contributed by atoms with Gasteiger partial charge in [0.15, 0.2) is 0 Å². The number of nitrogens with zero attached hydrogens (tertiary/aromatic N) is 3. The fourth-order valence-corrected chi connectivity index (χ4v) is 2.97. The van der Waals surface area contributed by atoms with Gasteiger partial charge in [0.2, 0.25) is 0 Å². The number of aromatic amines is 1. The molecule has 26 heavy (non-hydrogen) atoms. The summed E-state index contributed by atoms with van der Waals surface area (Å²) in [6.45, 7) is 1.97. The topological polar surface area (TPSA) is 56.3 Å². The van der Waals surface area contributed by atoms with E-state index in [1.54, 1.807) is 25.2 Å². The van der Waals surface area contributed by atoms with E-state index in [1.807, 2.05) is 25.1 Å². The lowest BCUT2D eigenvalue weighted by Gasteiger charge is -2.15. The van der Waals surface area contributed by atoms with Crippen molar-refractivity contribution in [3.8, 4) is 11.3 Å². The maximum Gasteiger partial charge on any atom is 0.144 e. The number of anilines is 2. The number of aryl methyl sites for hydroxylation is 1. The molecule has 3 aromatic rings. The van der Waals surface area contributed by atoms with Gasteiger partial charge in [0, 0.05) is 25.3 Å². The average Bonchev–Trinajstić information content (AvgIpc) is 2.98. The van der Waals surface area contributed by atoms with Gasteiger partial charge in [-0.1, -0.05) is 11.6 Å². The molecule has 0 aliphatic carbocycles. The van der Waals surface area contributed by atoms with Crippen molar-refractivity contribution in [3.05, 3.63) is 59.3 Å². The molecular formula is C19H17F2N5. The zero-order valence-electron chi connectivity index (χ0n) is 14.6. The van der Waals surface area contributed by atoms with Crippen LogP contribution in [0.5, 0.6) is 0 Å². The molecule has 0 bridgehead atoms. The third-order valence-corrected chi connectivity index (χ3v) is 4.33. The van der Waals surface area contributed by atoms with Crippen LogP contribution < -0.4 is 10.2 Å². The maximum absolute atomic E-state index is 14.7. The summed E-state index contributed by atoms with van der Waals surface area (Å²) in [5, 5.41) is 9.99. The molecule has 4 rings (SSSR count). The minimum absolute atomic E-state index is 0.107. The first kappa shape index (κ1) is 16.3. The molecule has 5 nitrogen and oxygen atoms in total. The molecule has 2 heterocycles. The number of benzene rings is 2. The highest BCUT2D eigenvalue weighted by Crippen LogP contribution is 2.38. The van der Waals surface area contributed by atoms with E-state index in [0.717, 1.165) is 16.8 Å². The first-order valence-corrected chi connectivity index (χ1v) is 8.11.